The summed E-state index contributed by atoms with van der Waals surface area (Å²) in [6, 6.07) is 8.40. The number of rotatable bonds is 7. The molecular formula is C22H34O5. The van der Waals surface area contributed by atoms with Gasteiger partial charge in [0.15, 0.2) is 0 Å². The SMILES string of the molecule is CC(C)Cc1ccc(C2CC(=O)CC(=O)C2)cc1.CCC(CO)(CO)CO. The van der Waals surface area contributed by atoms with Crippen molar-refractivity contribution in [3.05, 3.63) is 35.4 Å². The minimum Gasteiger partial charge on any atom is -0.396 e. The van der Waals surface area contributed by atoms with E-state index in [1.54, 1.807) is 0 Å². The second-order valence-corrected chi connectivity index (χ2v) is 8.03. The third-order valence-electron chi connectivity index (χ3n) is 5.19. The van der Waals surface area contributed by atoms with Gasteiger partial charge in [-0.3, -0.25) is 9.59 Å². The summed E-state index contributed by atoms with van der Waals surface area (Å²) >= 11 is 0. The van der Waals surface area contributed by atoms with E-state index in [9.17, 15) is 9.59 Å². The lowest BCUT2D eigenvalue weighted by atomic mass is 9.82. The number of hydrogen-bond donors (Lipinski definition) is 3. The average Bonchev–Trinajstić information content (AvgIpc) is 2.64. The molecule has 0 aliphatic heterocycles. The van der Waals surface area contributed by atoms with Crippen LogP contribution in [0.1, 0.15) is 63.5 Å². The van der Waals surface area contributed by atoms with Gasteiger partial charge in [-0.05, 0) is 35.8 Å². The van der Waals surface area contributed by atoms with Crippen LogP contribution in [-0.2, 0) is 16.0 Å². The Morgan fingerprint density at radius 3 is 1.78 bits per heavy atom. The van der Waals surface area contributed by atoms with Crippen LogP contribution in [0.15, 0.2) is 24.3 Å². The van der Waals surface area contributed by atoms with Gasteiger partial charge in [0, 0.05) is 18.3 Å². The Morgan fingerprint density at radius 1 is 0.963 bits per heavy atom. The molecule has 1 fully saturated rings. The van der Waals surface area contributed by atoms with E-state index >= 15 is 0 Å². The highest BCUT2D eigenvalue weighted by Crippen LogP contribution is 2.29. The molecule has 5 heteroatoms. The van der Waals surface area contributed by atoms with Crippen molar-refractivity contribution in [3.63, 3.8) is 0 Å². The number of aliphatic hydroxyl groups is 3. The summed E-state index contributed by atoms with van der Waals surface area (Å²) in [4.78, 5) is 22.9. The number of carbonyl (C=O) groups is 2. The van der Waals surface area contributed by atoms with E-state index in [0.29, 0.717) is 25.2 Å². The van der Waals surface area contributed by atoms with Crippen molar-refractivity contribution < 1.29 is 24.9 Å². The lowest BCUT2D eigenvalue weighted by molar-refractivity contribution is -0.130. The van der Waals surface area contributed by atoms with Crippen molar-refractivity contribution in [1.82, 2.24) is 0 Å². The molecular weight excluding hydrogens is 344 g/mol. The lowest BCUT2D eigenvalue weighted by Gasteiger charge is -2.24. The number of aliphatic hydroxyl groups excluding tert-OH is 3. The van der Waals surface area contributed by atoms with E-state index in [2.05, 4.69) is 38.1 Å². The first-order valence-electron chi connectivity index (χ1n) is 9.74. The maximum absolute atomic E-state index is 11.4. The van der Waals surface area contributed by atoms with E-state index in [1.807, 2.05) is 6.92 Å². The number of ketones is 2. The van der Waals surface area contributed by atoms with E-state index in [-0.39, 0.29) is 43.7 Å². The molecule has 152 valence electrons. The Hall–Kier alpha value is -1.56. The molecule has 0 bridgehead atoms. The third kappa shape index (κ3) is 7.53. The molecule has 0 saturated heterocycles. The molecule has 5 nitrogen and oxygen atoms in total. The van der Waals surface area contributed by atoms with Crippen LogP contribution in [0, 0.1) is 11.3 Å². The van der Waals surface area contributed by atoms with Crippen molar-refractivity contribution in [3.8, 4) is 0 Å². The van der Waals surface area contributed by atoms with Crippen LogP contribution in [0.25, 0.3) is 0 Å². The molecule has 1 aromatic carbocycles. The van der Waals surface area contributed by atoms with Gasteiger partial charge in [0.2, 0.25) is 0 Å². The number of carbonyl (C=O) groups excluding carboxylic acids is 2. The molecule has 0 amide bonds. The maximum atomic E-state index is 11.4. The molecule has 0 unspecified atom stereocenters. The smallest absolute Gasteiger partial charge is 0.140 e. The maximum Gasteiger partial charge on any atom is 0.140 e. The quantitative estimate of drug-likeness (QED) is 0.634. The van der Waals surface area contributed by atoms with Crippen LogP contribution in [0.5, 0.6) is 0 Å². The molecule has 0 spiro atoms. The fourth-order valence-corrected chi connectivity index (χ4v) is 3.10. The van der Waals surface area contributed by atoms with Gasteiger partial charge in [0.1, 0.15) is 11.6 Å². The molecule has 0 radical (unpaired) electrons. The molecule has 1 aromatic rings. The van der Waals surface area contributed by atoms with Gasteiger partial charge in [0.25, 0.3) is 0 Å². The molecule has 3 N–H and O–H groups in total. The minimum atomic E-state index is -0.667. The summed E-state index contributed by atoms with van der Waals surface area (Å²) in [5.41, 5.74) is 1.78. The van der Waals surface area contributed by atoms with Crippen LogP contribution in [0.2, 0.25) is 0 Å². The van der Waals surface area contributed by atoms with E-state index in [4.69, 9.17) is 15.3 Å². The van der Waals surface area contributed by atoms with E-state index in [0.717, 1.165) is 12.0 Å². The summed E-state index contributed by atoms with van der Waals surface area (Å²) in [6.07, 6.45) is 2.85. The predicted molar refractivity (Wildman–Crippen MR) is 106 cm³/mol. The highest BCUT2D eigenvalue weighted by molar-refractivity contribution is 6.02. The van der Waals surface area contributed by atoms with Gasteiger partial charge in [-0.15, -0.1) is 0 Å². The number of Topliss-reactive ketones (excluding diaryl/α,β-unsaturated/α-hetero) is 2. The van der Waals surface area contributed by atoms with Crippen LogP contribution in [0.3, 0.4) is 0 Å². The van der Waals surface area contributed by atoms with Gasteiger partial charge in [-0.25, -0.2) is 0 Å². The molecule has 1 aliphatic carbocycles. The second kappa shape index (κ2) is 11.3. The van der Waals surface area contributed by atoms with Gasteiger partial charge < -0.3 is 15.3 Å². The van der Waals surface area contributed by atoms with Crippen LogP contribution >= 0.6 is 0 Å². The summed E-state index contributed by atoms with van der Waals surface area (Å²) in [6.45, 7) is 5.75. The van der Waals surface area contributed by atoms with Crippen LogP contribution < -0.4 is 0 Å². The third-order valence-corrected chi connectivity index (χ3v) is 5.19. The second-order valence-electron chi connectivity index (χ2n) is 8.03. The zero-order valence-electron chi connectivity index (χ0n) is 16.8. The Morgan fingerprint density at radius 2 is 1.44 bits per heavy atom. The summed E-state index contributed by atoms with van der Waals surface area (Å²) < 4.78 is 0. The molecule has 2 rings (SSSR count). The topological polar surface area (TPSA) is 94.8 Å². The number of hydrogen-bond acceptors (Lipinski definition) is 5. The zero-order chi connectivity index (χ0) is 20.4. The molecule has 0 heterocycles. The van der Waals surface area contributed by atoms with Gasteiger partial charge in [-0.1, -0.05) is 45.0 Å². The molecule has 27 heavy (non-hydrogen) atoms. The zero-order valence-corrected chi connectivity index (χ0v) is 16.8. The summed E-state index contributed by atoms with van der Waals surface area (Å²) in [5.74, 6) is 0.922. The molecule has 1 aliphatic rings. The average molecular weight is 379 g/mol. The fraction of sp³-hybridized carbons (Fsp3) is 0.636. The Balaban J connectivity index is 0.000000345. The van der Waals surface area contributed by atoms with Gasteiger partial charge in [-0.2, -0.15) is 0 Å². The molecule has 0 aromatic heterocycles. The van der Waals surface area contributed by atoms with E-state index < -0.39 is 5.41 Å². The summed E-state index contributed by atoms with van der Waals surface area (Å²) in [7, 11) is 0. The van der Waals surface area contributed by atoms with Gasteiger partial charge in [0.05, 0.1) is 26.2 Å². The van der Waals surface area contributed by atoms with Crippen molar-refractivity contribution in [2.45, 2.75) is 58.8 Å². The van der Waals surface area contributed by atoms with E-state index in [1.165, 1.54) is 5.56 Å². The highest BCUT2D eigenvalue weighted by Gasteiger charge is 2.26. The first-order chi connectivity index (χ1) is 12.8. The Bertz CT molecular complexity index is 554. The van der Waals surface area contributed by atoms with Crippen molar-refractivity contribution in [2.75, 3.05) is 19.8 Å². The van der Waals surface area contributed by atoms with Gasteiger partial charge >= 0.3 is 0 Å². The fourth-order valence-electron chi connectivity index (χ4n) is 3.10. The van der Waals surface area contributed by atoms with Crippen LogP contribution in [0.4, 0.5) is 0 Å². The lowest BCUT2D eigenvalue weighted by Crippen LogP contribution is -2.32. The Kier molecular flexibility index (Phi) is 9.84. The monoisotopic (exact) mass is 378 g/mol. The molecule has 0 atom stereocenters. The van der Waals surface area contributed by atoms with Crippen molar-refractivity contribution >= 4 is 11.6 Å². The predicted octanol–water partition coefficient (Wildman–Crippen LogP) is 2.65. The standard InChI is InChI=1S/C16H20O2.C6H14O3/c1-11(2)7-12-3-5-13(6-4-12)14-8-15(17)10-16(18)9-14;1-2-6(3-7,4-8)5-9/h3-6,11,14H,7-10H2,1-2H3;7-9H,2-5H2,1H3. The summed E-state index contributed by atoms with van der Waals surface area (Å²) in [5, 5.41) is 26.0. The molecule has 1 saturated carbocycles. The largest absolute Gasteiger partial charge is 0.396 e. The van der Waals surface area contributed by atoms with Crippen molar-refractivity contribution in [2.24, 2.45) is 11.3 Å². The minimum absolute atomic E-state index is 0.0857. The van der Waals surface area contributed by atoms with Crippen LogP contribution in [-0.4, -0.2) is 46.7 Å². The Labute approximate surface area is 162 Å². The highest BCUT2D eigenvalue weighted by atomic mass is 16.3. The number of benzene rings is 1. The van der Waals surface area contributed by atoms with Crippen molar-refractivity contribution in [1.29, 1.82) is 0 Å². The first-order valence-corrected chi connectivity index (χ1v) is 9.74. The first kappa shape index (κ1) is 23.5. The normalized spacial score (nSPS) is 15.7.